The highest BCUT2D eigenvalue weighted by atomic mass is 32.1. The number of hydrogen-bond acceptors (Lipinski definition) is 4. The zero-order valence-corrected chi connectivity index (χ0v) is 13.5. The predicted molar refractivity (Wildman–Crippen MR) is 95.3 cm³/mol. The second kappa shape index (κ2) is 7.53. The van der Waals surface area contributed by atoms with E-state index in [1.165, 1.54) is 6.08 Å². The van der Waals surface area contributed by atoms with Crippen molar-refractivity contribution in [3.8, 4) is 5.75 Å². The maximum Gasteiger partial charge on any atom is 0.336 e. The van der Waals surface area contributed by atoms with Crippen LogP contribution in [0.5, 0.6) is 5.75 Å². The van der Waals surface area contributed by atoms with Crippen molar-refractivity contribution in [1.29, 1.82) is 0 Å². The first kappa shape index (κ1) is 15.9. The molecule has 3 aromatic rings. The lowest BCUT2D eigenvalue weighted by Crippen LogP contribution is -2.04. The van der Waals surface area contributed by atoms with Gasteiger partial charge in [0, 0.05) is 22.1 Å². The Labute approximate surface area is 143 Å². The first-order valence-corrected chi connectivity index (χ1v) is 8.23. The molecule has 3 nitrogen and oxygen atoms in total. The molecule has 0 saturated heterocycles. The van der Waals surface area contributed by atoms with Gasteiger partial charge in [0.25, 0.3) is 0 Å². The summed E-state index contributed by atoms with van der Waals surface area (Å²) in [5.41, 5.74) is 1.18. The van der Waals surface area contributed by atoms with Gasteiger partial charge in [0.2, 0.25) is 0 Å². The summed E-state index contributed by atoms with van der Waals surface area (Å²) in [6, 6.07) is 19.4. The second-order valence-electron chi connectivity index (χ2n) is 4.99. The molecule has 0 unspecified atom stereocenters. The van der Waals surface area contributed by atoms with E-state index in [2.05, 4.69) is 0 Å². The van der Waals surface area contributed by atoms with Gasteiger partial charge in [-0.05, 0) is 41.8 Å². The normalized spacial score (nSPS) is 10.7. The number of carbonyl (C=O) groups excluding carboxylic acids is 2. The Bertz CT molecular complexity index is 848. The van der Waals surface area contributed by atoms with Gasteiger partial charge in [-0.1, -0.05) is 36.4 Å². The van der Waals surface area contributed by atoms with E-state index in [-0.39, 0.29) is 5.78 Å². The van der Waals surface area contributed by atoms with Gasteiger partial charge in [-0.3, -0.25) is 4.79 Å². The summed E-state index contributed by atoms with van der Waals surface area (Å²) in [4.78, 5) is 25.1. The number of ketones is 1. The summed E-state index contributed by atoms with van der Waals surface area (Å²) < 4.78 is 5.22. The van der Waals surface area contributed by atoms with E-state index in [4.69, 9.17) is 4.74 Å². The molecule has 0 amide bonds. The molecule has 0 saturated carbocycles. The minimum atomic E-state index is -0.453. The van der Waals surface area contributed by atoms with Crippen LogP contribution in [0.2, 0.25) is 0 Å². The number of thiophene rings is 1. The lowest BCUT2D eigenvalue weighted by Gasteiger charge is -2.04. The Morgan fingerprint density at radius 1 is 0.833 bits per heavy atom. The molecule has 4 heteroatoms. The molecule has 118 valence electrons. The summed E-state index contributed by atoms with van der Waals surface area (Å²) in [7, 11) is 0. The molecule has 0 aliphatic heterocycles. The maximum absolute atomic E-state index is 12.3. The zero-order chi connectivity index (χ0) is 16.8. The zero-order valence-electron chi connectivity index (χ0n) is 12.7. The van der Waals surface area contributed by atoms with Gasteiger partial charge >= 0.3 is 5.97 Å². The SMILES string of the molecule is O=C(/C=C/c1cccs1)Oc1ccc(C(=O)c2ccccc2)cc1. The molecule has 1 aromatic heterocycles. The van der Waals surface area contributed by atoms with Crippen LogP contribution in [0, 0.1) is 0 Å². The van der Waals surface area contributed by atoms with Gasteiger partial charge in [0.1, 0.15) is 5.75 Å². The van der Waals surface area contributed by atoms with Crippen LogP contribution in [0.4, 0.5) is 0 Å². The summed E-state index contributed by atoms with van der Waals surface area (Å²) in [6.07, 6.45) is 3.09. The fourth-order valence-electron chi connectivity index (χ4n) is 2.12. The Hall–Kier alpha value is -2.98. The largest absolute Gasteiger partial charge is 0.423 e. The van der Waals surface area contributed by atoms with Crippen LogP contribution in [0.3, 0.4) is 0 Å². The first-order valence-electron chi connectivity index (χ1n) is 7.35. The molecule has 0 fully saturated rings. The van der Waals surface area contributed by atoms with Crippen molar-refractivity contribution >= 4 is 29.2 Å². The monoisotopic (exact) mass is 334 g/mol. The fraction of sp³-hybridized carbons (Fsp3) is 0. The van der Waals surface area contributed by atoms with Crippen molar-refractivity contribution in [3.05, 3.63) is 94.2 Å². The topological polar surface area (TPSA) is 43.4 Å². The van der Waals surface area contributed by atoms with E-state index in [0.717, 1.165) is 4.88 Å². The number of ether oxygens (including phenoxy) is 1. The van der Waals surface area contributed by atoms with Crippen LogP contribution in [-0.2, 0) is 4.79 Å². The first-order chi connectivity index (χ1) is 11.7. The molecule has 0 N–H and O–H groups in total. The third kappa shape index (κ3) is 4.06. The number of hydrogen-bond donors (Lipinski definition) is 0. The van der Waals surface area contributed by atoms with Crippen molar-refractivity contribution in [2.24, 2.45) is 0 Å². The highest BCUT2D eigenvalue weighted by Crippen LogP contribution is 2.16. The highest BCUT2D eigenvalue weighted by molar-refractivity contribution is 7.10. The minimum absolute atomic E-state index is 0.0638. The van der Waals surface area contributed by atoms with Crippen molar-refractivity contribution in [2.75, 3.05) is 0 Å². The van der Waals surface area contributed by atoms with Gasteiger partial charge < -0.3 is 4.74 Å². The number of esters is 1. The van der Waals surface area contributed by atoms with Gasteiger partial charge in [-0.25, -0.2) is 4.79 Å². The average molecular weight is 334 g/mol. The Kier molecular flexibility index (Phi) is 4.99. The van der Waals surface area contributed by atoms with Crippen LogP contribution in [-0.4, -0.2) is 11.8 Å². The van der Waals surface area contributed by atoms with Crippen LogP contribution >= 0.6 is 11.3 Å². The average Bonchev–Trinajstić information content (AvgIpc) is 3.14. The van der Waals surface area contributed by atoms with E-state index in [1.54, 1.807) is 53.8 Å². The molecule has 0 atom stereocenters. The van der Waals surface area contributed by atoms with Gasteiger partial charge in [-0.15, -0.1) is 11.3 Å². The fourth-order valence-corrected chi connectivity index (χ4v) is 2.74. The second-order valence-corrected chi connectivity index (χ2v) is 5.97. The molecule has 0 aliphatic carbocycles. The minimum Gasteiger partial charge on any atom is -0.423 e. The van der Waals surface area contributed by atoms with Gasteiger partial charge in [-0.2, -0.15) is 0 Å². The molecule has 3 rings (SSSR count). The number of benzene rings is 2. The molecular formula is C20H14O3S. The Balaban J connectivity index is 1.64. The molecule has 0 bridgehead atoms. The quantitative estimate of drug-likeness (QED) is 0.296. The van der Waals surface area contributed by atoms with Crippen molar-refractivity contribution in [3.63, 3.8) is 0 Å². The van der Waals surface area contributed by atoms with E-state index in [0.29, 0.717) is 16.9 Å². The molecule has 1 heterocycles. The Morgan fingerprint density at radius 3 is 2.21 bits per heavy atom. The van der Waals surface area contributed by atoms with E-state index < -0.39 is 5.97 Å². The molecule has 0 spiro atoms. The molecular weight excluding hydrogens is 320 g/mol. The summed E-state index contributed by atoms with van der Waals surface area (Å²) in [5, 5.41) is 1.94. The van der Waals surface area contributed by atoms with Gasteiger partial charge in [0.15, 0.2) is 5.78 Å². The third-order valence-electron chi connectivity index (χ3n) is 3.30. The van der Waals surface area contributed by atoms with E-state index in [9.17, 15) is 9.59 Å². The Morgan fingerprint density at radius 2 is 1.54 bits per heavy atom. The standard InChI is InChI=1S/C20H14O3S/c21-19(13-12-18-7-4-14-24-18)23-17-10-8-16(9-11-17)20(22)15-5-2-1-3-6-15/h1-14H/b13-12+. The summed E-state index contributed by atoms with van der Waals surface area (Å²) in [5.74, 6) is -0.114. The summed E-state index contributed by atoms with van der Waals surface area (Å²) >= 11 is 1.54. The van der Waals surface area contributed by atoms with Crippen molar-refractivity contribution in [2.45, 2.75) is 0 Å². The summed E-state index contributed by atoms with van der Waals surface area (Å²) in [6.45, 7) is 0. The van der Waals surface area contributed by atoms with E-state index in [1.807, 2.05) is 35.7 Å². The third-order valence-corrected chi connectivity index (χ3v) is 4.14. The van der Waals surface area contributed by atoms with Crippen molar-refractivity contribution in [1.82, 2.24) is 0 Å². The van der Waals surface area contributed by atoms with Crippen molar-refractivity contribution < 1.29 is 14.3 Å². The number of carbonyl (C=O) groups is 2. The van der Waals surface area contributed by atoms with Crippen LogP contribution in [0.15, 0.2) is 78.2 Å². The molecule has 0 radical (unpaired) electrons. The highest BCUT2D eigenvalue weighted by Gasteiger charge is 2.09. The lowest BCUT2D eigenvalue weighted by molar-refractivity contribution is -0.128. The van der Waals surface area contributed by atoms with Crippen LogP contribution in [0.25, 0.3) is 6.08 Å². The van der Waals surface area contributed by atoms with E-state index >= 15 is 0 Å². The van der Waals surface area contributed by atoms with Crippen LogP contribution < -0.4 is 4.74 Å². The van der Waals surface area contributed by atoms with Gasteiger partial charge in [0.05, 0.1) is 0 Å². The molecule has 24 heavy (non-hydrogen) atoms. The van der Waals surface area contributed by atoms with Crippen LogP contribution in [0.1, 0.15) is 20.8 Å². The lowest BCUT2D eigenvalue weighted by atomic mass is 10.0. The number of rotatable bonds is 5. The molecule has 0 aliphatic rings. The molecule has 2 aromatic carbocycles. The maximum atomic E-state index is 12.3. The predicted octanol–water partition coefficient (Wildman–Crippen LogP) is 4.60. The smallest absolute Gasteiger partial charge is 0.336 e.